The number of nitrogens with zero attached hydrogens (tertiary/aromatic N) is 1. The van der Waals surface area contributed by atoms with Crippen LogP contribution in [0.15, 0.2) is 36.5 Å². The Morgan fingerprint density at radius 2 is 1.89 bits per heavy atom. The summed E-state index contributed by atoms with van der Waals surface area (Å²) in [4.78, 5) is 16.5. The van der Waals surface area contributed by atoms with Crippen LogP contribution in [0.5, 0.6) is 5.75 Å². The molecule has 2 aromatic carbocycles. The van der Waals surface area contributed by atoms with Gasteiger partial charge in [-0.15, -0.1) is 0 Å². The van der Waals surface area contributed by atoms with Crippen LogP contribution >= 0.6 is 0 Å². The second-order valence-electron chi connectivity index (χ2n) is 10.1. The third-order valence-electron chi connectivity index (χ3n) is 6.59. The second-order valence-corrected chi connectivity index (χ2v) is 14.9. The maximum atomic E-state index is 14.4. The minimum Gasteiger partial charge on any atom is -0.496 e. The summed E-state index contributed by atoms with van der Waals surface area (Å²) in [5, 5.41) is 3.62. The van der Waals surface area contributed by atoms with Crippen molar-refractivity contribution < 1.29 is 22.7 Å². The number of benzene rings is 2. The first-order valence-corrected chi connectivity index (χ1v) is 14.4. The van der Waals surface area contributed by atoms with Gasteiger partial charge in [-0.1, -0.05) is 20.8 Å². The monoisotopic (exact) mass is 501 g/mol. The van der Waals surface area contributed by atoms with Crippen LogP contribution in [-0.4, -0.2) is 32.9 Å². The maximum Gasteiger partial charge on any atom is 0.252 e. The zero-order valence-electron chi connectivity index (χ0n) is 21.1. The number of aryl methyl sites for hydroxylation is 1. The Hall–Kier alpha value is -3.04. The number of aromatic nitrogens is 1. The number of rotatable bonds is 9. The lowest BCUT2D eigenvalue weighted by Crippen LogP contribution is -2.41. The molecule has 9 heteroatoms. The summed E-state index contributed by atoms with van der Waals surface area (Å²) in [7, 11) is -0.270. The number of anilines is 2. The quantitative estimate of drug-likeness (QED) is 0.265. The van der Waals surface area contributed by atoms with Crippen LogP contribution in [0.25, 0.3) is 10.9 Å². The second kappa shape index (κ2) is 10.3. The summed E-state index contributed by atoms with van der Waals surface area (Å²) in [6, 6.07) is 6.81. The highest BCUT2D eigenvalue weighted by Gasteiger charge is 2.36. The largest absolute Gasteiger partial charge is 0.496 e. The minimum absolute atomic E-state index is 0.0153. The topological polar surface area (TPSA) is 86.5 Å². The molecule has 1 amide bonds. The third kappa shape index (κ3) is 5.97. The smallest absolute Gasteiger partial charge is 0.252 e. The molecule has 0 fully saturated rings. The van der Waals surface area contributed by atoms with Crippen molar-refractivity contribution in [1.82, 2.24) is 4.98 Å². The Morgan fingerprint density at radius 3 is 2.49 bits per heavy atom. The van der Waals surface area contributed by atoms with Crippen molar-refractivity contribution >= 4 is 36.5 Å². The molecule has 188 valence electrons. The number of nitrogens with two attached hydrogens (primary N) is 1. The number of halogens is 2. The van der Waals surface area contributed by atoms with E-state index in [1.165, 1.54) is 12.3 Å². The summed E-state index contributed by atoms with van der Waals surface area (Å²) in [5.41, 5.74) is 7.42. The van der Waals surface area contributed by atoms with E-state index < -0.39 is 25.9 Å². The molecule has 1 aromatic heterocycles. The number of nitrogens with one attached hydrogen (secondary N) is 1. The Kier molecular flexibility index (Phi) is 7.81. The highest BCUT2D eigenvalue weighted by Crippen LogP contribution is 2.37. The molecule has 35 heavy (non-hydrogen) atoms. The molecule has 0 saturated heterocycles. The fourth-order valence-electron chi connectivity index (χ4n) is 3.50. The van der Waals surface area contributed by atoms with Gasteiger partial charge < -0.3 is 20.2 Å². The predicted molar refractivity (Wildman–Crippen MR) is 138 cm³/mol. The van der Waals surface area contributed by atoms with Crippen molar-refractivity contribution in [3.05, 3.63) is 59.3 Å². The average Bonchev–Trinajstić information content (AvgIpc) is 2.77. The summed E-state index contributed by atoms with van der Waals surface area (Å²) in [5.74, 6) is -1.55. The van der Waals surface area contributed by atoms with Gasteiger partial charge in [-0.2, -0.15) is 0 Å². The number of primary amides is 1. The van der Waals surface area contributed by atoms with Crippen molar-refractivity contribution in [2.75, 3.05) is 19.0 Å². The first kappa shape index (κ1) is 26.6. The number of carbonyl (C=O) groups is 1. The fourth-order valence-corrected chi connectivity index (χ4v) is 4.59. The number of methoxy groups -OCH3 is 1. The van der Waals surface area contributed by atoms with Gasteiger partial charge in [0.1, 0.15) is 17.4 Å². The minimum atomic E-state index is -1.86. The normalized spacial score (nSPS) is 12.1. The molecule has 0 aliphatic rings. The molecule has 3 N–H and O–H groups in total. The molecular weight excluding hydrogens is 468 g/mol. The van der Waals surface area contributed by atoms with Gasteiger partial charge in [0.2, 0.25) is 0 Å². The Morgan fingerprint density at radius 1 is 1.17 bits per heavy atom. The molecule has 0 spiro atoms. The van der Waals surface area contributed by atoms with Gasteiger partial charge in [-0.25, -0.2) is 8.78 Å². The van der Waals surface area contributed by atoms with Gasteiger partial charge in [0.05, 0.1) is 29.6 Å². The van der Waals surface area contributed by atoms with E-state index in [9.17, 15) is 13.6 Å². The van der Waals surface area contributed by atoms with Crippen molar-refractivity contribution in [2.24, 2.45) is 5.73 Å². The Balaban J connectivity index is 1.97. The molecule has 0 atom stereocenters. The van der Waals surface area contributed by atoms with E-state index in [2.05, 4.69) is 44.2 Å². The molecule has 0 aliphatic heterocycles. The number of amides is 1. The van der Waals surface area contributed by atoms with E-state index in [0.29, 0.717) is 35.4 Å². The lowest BCUT2D eigenvalue weighted by Gasteiger charge is -2.36. The number of hydrogen-bond donors (Lipinski definition) is 2. The molecule has 6 nitrogen and oxygen atoms in total. The van der Waals surface area contributed by atoms with Gasteiger partial charge in [0, 0.05) is 30.3 Å². The maximum absolute atomic E-state index is 14.4. The van der Waals surface area contributed by atoms with E-state index in [-0.39, 0.29) is 16.3 Å². The van der Waals surface area contributed by atoms with Crippen LogP contribution in [0.3, 0.4) is 0 Å². The summed E-state index contributed by atoms with van der Waals surface area (Å²) in [6.07, 6.45) is 2.77. The number of ether oxygens (including phenoxy) is 1. The standard InChI is InChI=1S/C26H33F2N3O3Si/c1-26(2,3)35(5,6)34-11-7-8-16-12-18-22(14-23(16)33-4)30-15-19(25(29)32)24(18)31-21-10-9-17(27)13-20(21)28/h9-10,12-15H,7-8,11H2,1-6H3,(H2,29,32)(H,30,31). The molecular formula is C26H33F2N3O3Si. The molecule has 0 unspecified atom stereocenters. The van der Waals surface area contributed by atoms with Crippen LogP contribution < -0.4 is 15.8 Å². The van der Waals surface area contributed by atoms with Crippen LogP contribution in [0.2, 0.25) is 18.1 Å². The first-order valence-electron chi connectivity index (χ1n) is 11.5. The lowest BCUT2D eigenvalue weighted by atomic mass is 10.0. The zero-order valence-corrected chi connectivity index (χ0v) is 22.1. The highest BCUT2D eigenvalue weighted by molar-refractivity contribution is 6.74. The van der Waals surface area contributed by atoms with Crippen molar-refractivity contribution in [3.8, 4) is 5.75 Å². The summed E-state index contributed by atoms with van der Waals surface area (Å²) in [6.45, 7) is 11.7. The van der Waals surface area contributed by atoms with Crippen LogP contribution in [0.1, 0.15) is 43.1 Å². The molecule has 1 heterocycles. The van der Waals surface area contributed by atoms with Crippen molar-refractivity contribution in [3.63, 3.8) is 0 Å². The van der Waals surface area contributed by atoms with E-state index in [4.69, 9.17) is 14.9 Å². The lowest BCUT2D eigenvalue weighted by molar-refractivity contribution is 0.100. The third-order valence-corrected chi connectivity index (χ3v) is 11.1. The van der Waals surface area contributed by atoms with Crippen molar-refractivity contribution in [2.45, 2.75) is 51.7 Å². The van der Waals surface area contributed by atoms with E-state index >= 15 is 0 Å². The molecule has 0 saturated carbocycles. The fraction of sp³-hybridized carbons (Fsp3) is 0.385. The van der Waals surface area contributed by atoms with Gasteiger partial charge in [0.25, 0.3) is 5.91 Å². The van der Waals surface area contributed by atoms with Crippen LogP contribution in [0, 0.1) is 11.6 Å². The van der Waals surface area contributed by atoms with Crippen LogP contribution in [0.4, 0.5) is 20.2 Å². The summed E-state index contributed by atoms with van der Waals surface area (Å²) >= 11 is 0. The first-order chi connectivity index (χ1) is 16.3. The molecule has 3 aromatic rings. The number of hydrogen-bond acceptors (Lipinski definition) is 5. The summed E-state index contributed by atoms with van der Waals surface area (Å²) < 4.78 is 39.7. The highest BCUT2D eigenvalue weighted by atomic mass is 28.4. The predicted octanol–water partition coefficient (Wildman–Crippen LogP) is 6.32. The van der Waals surface area contributed by atoms with Gasteiger partial charge in [-0.05, 0) is 54.7 Å². The van der Waals surface area contributed by atoms with Crippen molar-refractivity contribution in [1.29, 1.82) is 0 Å². The Bertz CT molecular complexity index is 1240. The van der Waals surface area contributed by atoms with E-state index in [1.54, 1.807) is 13.2 Å². The number of pyridine rings is 1. The average molecular weight is 502 g/mol. The molecule has 0 aliphatic carbocycles. The molecule has 0 radical (unpaired) electrons. The number of fused-ring (bicyclic) bond motifs is 1. The van der Waals surface area contributed by atoms with E-state index in [1.807, 2.05) is 6.07 Å². The molecule has 3 rings (SSSR count). The molecule has 0 bridgehead atoms. The van der Waals surface area contributed by atoms with Gasteiger partial charge >= 0.3 is 0 Å². The number of carbonyl (C=O) groups excluding carboxylic acids is 1. The van der Waals surface area contributed by atoms with E-state index in [0.717, 1.165) is 24.1 Å². The Labute approximate surface area is 206 Å². The van der Waals surface area contributed by atoms with Gasteiger partial charge in [0.15, 0.2) is 8.32 Å². The zero-order chi connectivity index (χ0) is 26.0. The van der Waals surface area contributed by atoms with Crippen LogP contribution in [-0.2, 0) is 10.8 Å². The van der Waals surface area contributed by atoms with Gasteiger partial charge in [-0.3, -0.25) is 9.78 Å². The SMILES string of the molecule is COc1cc2ncc(C(N)=O)c(Nc3ccc(F)cc3F)c2cc1CCCO[Si](C)(C)C(C)(C)C.